The SMILES string of the molecule is Cc1nn(Cc2ccc(C#N)cc2F)c(C)c1NC(=O)c1cc(C(N)=O)nc2cc(F)c(F)cc12. The quantitative estimate of drug-likeness (QED) is 0.452. The van der Waals surface area contributed by atoms with E-state index in [0.29, 0.717) is 17.1 Å². The number of hydrogen-bond donors (Lipinski definition) is 2. The molecular formula is C24H17F3N6O2. The number of halogens is 3. The van der Waals surface area contributed by atoms with Crippen LogP contribution in [0.15, 0.2) is 36.4 Å². The van der Waals surface area contributed by atoms with E-state index in [1.54, 1.807) is 13.8 Å². The fraction of sp³-hybridized carbons (Fsp3) is 0.125. The normalized spacial score (nSPS) is 10.9. The fourth-order valence-electron chi connectivity index (χ4n) is 3.65. The van der Waals surface area contributed by atoms with E-state index in [1.165, 1.54) is 16.8 Å². The maximum atomic E-state index is 14.3. The van der Waals surface area contributed by atoms with Gasteiger partial charge in [0.25, 0.3) is 11.8 Å². The average Bonchev–Trinajstić information content (AvgIpc) is 3.07. The molecule has 8 nitrogen and oxygen atoms in total. The summed E-state index contributed by atoms with van der Waals surface area (Å²) in [4.78, 5) is 28.7. The first-order valence-electron chi connectivity index (χ1n) is 10.2. The molecule has 3 N–H and O–H groups in total. The van der Waals surface area contributed by atoms with Crippen molar-refractivity contribution >= 4 is 28.4 Å². The molecule has 4 aromatic rings. The number of hydrogen-bond acceptors (Lipinski definition) is 5. The molecule has 2 heterocycles. The number of nitrogens with two attached hydrogens (primary N) is 1. The second-order valence-corrected chi connectivity index (χ2v) is 7.78. The first-order chi connectivity index (χ1) is 16.6. The monoisotopic (exact) mass is 478 g/mol. The third-order valence-corrected chi connectivity index (χ3v) is 5.47. The lowest BCUT2D eigenvalue weighted by Gasteiger charge is -2.11. The van der Waals surface area contributed by atoms with Gasteiger partial charge >= 0.3 is 0 Å². The van der Waals surface area contributed by atoms with E-state index in [9.17, 15) is 22.8 Å². The van der Waals surface area contributed by atoms with E-state index in [2.05, 4.69) is 15.4 Å². The molecule has 0 aliphatic carbocycles. The molecule has 2 aromatic carbocycles. The van der Waals surface area contributed by atoms with Crippen LogP contribution < -0.4 is 11.1 Å². The molecule has 4 rings (SSSR count). The second kappa shape index (κ2) is 8.90. The minimum Gasteiger partial charge on any atom is -0.364 e. The number of pyridine rings is 1. The molecule has 176 valence electrons. The topological polar surface area (TPSA) is 127 Å². The van der Waals surface area contributed by atoms with Crippen LogP contribution in [0.1, 0.15) is 43.4 Å². The van der Waals surface area contributed by atoms with Gasteiger partial charge in [-0.1, -0.05) is 6.07 Å². The van der Waals surface area contributed by atoms with Gasteiger partial charge < -0.3 is 11.1 Å². The van der Waals surface area contributed by atoms with Crippen molar-refractivity contribution in [2.45, 2.75) is 20.4 Å². The lowest BCUT2D eigenvalue weighted by Crippen LogP contribution is -2.18. The number of carbonyl (C=O) groups excluding carboxylic acids is 2. The average molecular weight is 478 g/mol. The lowest BCUT2D eigenvalue weighted by atomic mass is 10.1. The molecular weight excluding hydrogens is 461 g/mol. The highest BCUT2D eigenvalue weighted by molar-refractivity contribution is 6.14. The predicted molar refractivity (Wildman–Crippen MR) is 120 cm³/mol. The van der Waals surface area contributed by atoms with Crippen molar-refractivity contribution in [2.75, 3.05) is 5.32 Å². The van der Waals surface area contributed by atoms with Crippen LogP contribution in [0.2, 0.25) is 0 Å². The first kappa shape index (κ1) is 23.4. The Labute approximate surface area is 196 Å². The second-order valence-electron chi connectivity index (χ2n) is 7.78. The number of primary amides is 1. The van der Waals surface area contributed by atoms with Crippen LogP contribution >= 0.6 is 0 Å². The summed E-state index contributed by atoms with van der Waals surface area (Å²) in [5, 5.41) is 15.9. The summed E-state index contributed by atoms with van der Waals surface area (Å²) in [6.07, 6.45) is 0. The predicted octanol–water partition coefficient (Wildman–Crippen LogP) is 3.74. The molecule has 0 atom stereocenters. The number of carbonyl (C=O) groups is 2. The molecule has 0 spiro atoms. The maximum Gasteiger partial charge on any atom is 0.267 e. The number of aromatic nitrogens is 3. The van der Waals surface area contributed by atoms with E-state index in [0.717, 1.165) is 24.3 Å². The molecule has 0 unspecified atom stereocenters. The van der Waals surface area contributed by atoms with Gasteiger partial charge in [-0.2, -0.15) is 10.4 Å². The van der Waals surface area contributed by atoms with Crippen molar-refractivity contribution in [3.05, 3.63) is 87.6 Å². The van der Waals surface area contributed by atoms with Crippen molar-refractivity contribution < 1.29 is 22.8 Å². The van der Waals surface area contributed by atoms with Gasteiger partial charge in [-0.3, -0.25) is 14.3 Å². The molecule has 2 amide bonds. The minimum atomic E-state index is -1.19. The Morgan fingerprint density at radius 1 is 1.09 bits per heavy atom. The van der Waals surface area contributed by atoms with E-state index in [4.69, 9.17) is 11.0 Å². The summed E-state index contributed by atoms with van der Waals surface area (Å²) >= 11 is 0. The van der Waals surface area contributed by atoms with E-state index >= 15 is 0 Å². The Morgan fingerprint density at radius 3 is 2.46 bits per heavy atom. The number of nitrogens with zero attached hydrogens (tertiary/aromatic N) is 4. The van der Waals surface area contributed by atoms with Gasteiger partial charge in [0.2, 0.25) is 0 Å². The molecule has 35 heavy (non-hydrogen) atoms. The molecule has 0 fully saturated rings. The van der Waals surface area contributed by atoms with Crippen LogP contribution in [-0.2, 0) is 6.54 Å². The van der Waals surface area contributed by atoms with Gasteiger partial charge in [-0.05, 0) is 38.1 Å². The van der Waals surface area contributed by atoms with Gasteiger partial charge in [0.15, 0.2) is 11.6 Å². The summed E-state index contributed by atoms with van der Waals surface area (Å²) in [6, 6.07) is 8.63. The van der Waals surface area contributed by atoms with Gasteiger partial charge in [0.1, 0.15) is 11.5 Å². The summed E-state index contributed by atoms with van der Waals surface area (Å²) in [6.45, 7) is 3.32. The molecule has 2 aromatic heterocycles. The molecule has 0 aliphatic rings. The van der Waals surface area contributed by atoms with Gasteiger partial charge in [-0.25, -0.2) is 18.2 Å². The number of benzene rings is 2. The molecule has 0 bridgehead atoms. The third-order valence-electron chi connectivity index (χ3n) is 5.47. The number of anilines is 1. The van der Waals surface area contributed by atoms with Crippen LogP contribution in [0, 0.1) is 42.6 Å². The molecule has 0 aliphatic heterocycles. The van der Waals surface area contributed by atoms with Crippen molar-refractivity contribution in [3.63, 3.8) is 0 Å². The van der Waals surface area contributed by atoms with Crippen LogP contribution in [0.4, 0.5) is 18.9 Å². The Balaban J connectivity index is 1.71. The van der Waals surface area contributed by atoms with E-state index in [1.807, 2.05) is 6.07 Å². The van der Waals surface area contributed by atoms with Crippen molar-refractivity contribution in [1.82, 2.24) is 14.8 Å². The molecule has 0 radical (unpaired) electrons. The summed E-state index contributed by atoms with van der Waals surface area (Å²) < 4.78 is 43.5. The molecule has 0 saturated heterocycles. The number of nitriles is 1. The van der Waals surface area contributed by atoms with Crippen molar-refractivity contribution in [2.24, 2.45) is 5.73 Å². The van der Waals surface area contributed by atoms with Crippen molar-refractivity contribution in [1.29, 1.82) is 5.26 Å². The smallest absolute Gasteiger partial charge is 0.267 e. The largest absolute Gasteiger partial charge is 0.364 e. The minimum absolute atomic E-state index is 0.0197. The zero-order valence-corrected chi connectivity index (χ0v) is 18.5. The highest BCUT2D eigenvalue weighted by atomic mass is 19.2. The van der Waals surface area contributed by atoms with Crippen molar-refractivity contribution in [3.8, 4) is 6.07 Å². The highest BCUT2D eigenvalue weighted by Gasteiger charge is 2.21. The number of amides is 2. The summed E-state index contributed by atoms with van der Waals surface area (Å²) in [5.41, 5.74) is 6.42. The van der Waals surface area contributed by atoms with Gasteiger partial charge in [0.05, 0.1) is 46.3 Å². The standard InChI is InChI=1S/C24H17F3N6O2/c1-11-22(12(2)33(32-11)10-14-4-3-13(9-28)5-17(14)25)31-24(35)16-7-21(23(29)34)30-20-8-19(27)18(26)6-15(16)20/h3-8H,10H2,1-2H3,(H2,29,34)(H,31,35). The van der Waals surface area contributed by atoms with Gasteiger partial charge in [-0.15, -0.1) is 0 Å². The number of fused-ring (bicyclic) bond motifs is 1. The zero-order chi connectivity index (χ0) is 25.4. The Bertz CT molecular complexity index is 1570. The Kier molecular flexibility index (Phi) is 5.96. The number of aryl methyl sites for hydroxylation is 1. The molecule has 11 heteroatoms. The Morgan fingerprint density at radius 2 is 1.80 bits per heavy atom. The van der Waals surface area contributed by atoms with Crippen LogP contribution in [0.5, 0.6) is 0 Å². The van der Waals surface area contributed by atoms with E-state index < -0.39 is 29.3 Å². The zero-order valence-electron chi connectivity index (χ0n) is 18.5. The lowest BCUT2D eigenvalue weighted by molar-refractivity contribution is 0.0996. The fourth-order valence-corrected chi connectivity index (χ4v) is 3.65. The highest BCUT2D eigenvalue weighted by Crippen LogP contribution is 2.26. The third kappa shape index (κ3) is 4.41. The summed E-state index contributed by atoms with van der Waals surface area (Å²) in [7, 11) is 0. The van der Waals surface area contributed by atoms with Crippen LogP contribution in [0.3, 0.4) is 0 Å². The Hall–Kier alpha value is -4.72. The summed E-state index contributed by atoms with van der Waals surface area (Å²) in [5.74, 6) is -4.64. The number of nitrogens with one attached hydrogen (secondary N) is 1. The van der Waals surface area contributed by atoms with Gasteiger partial charge in [0, 0.05) is 17.0 Å². The number of rotatable bonds is 5. The first-order valence-corrected chi connectivity index (χ1v) is 10.2. The van der Waals surface area contributed by atoms with Crippen LogP contribution in [-0.4, -0.2) is 26.6 Å². The van der Waals surface area contributed by atoms with E-state index in [-0.39, 0.29) is 39.8 Å². The van der Waals surface area contributed by atoms with Crippen LogP contribution in [0.25, 0.3) is 10.9 Å². The maximum absolute atomic E-state index is 14.3. The molecule has 0 saturated carbocycles.